The summed E-state index contributed by atoms with van der Waals surface area (Å²) in [6.07, 6.45) is 1.39. The van der Waals surface area contributed by atoms with Crippen LogP contribution in [-0.2, 0) is 16.0 Å². The molecule has 0 aliphatic carbocycles. The molecule has 0 spiro atoms. The van der Waals surface area contributed by atoms with Gasteiger partial charge in [-0.1, -0.05) is 25.1 Å². The Morgan fingerprint density at radius 1 is 1.42 bits per heavy atom. The first-order valence-electron chi connectivity index (χ1n) is 6.58. The van der Waals surface area contributed by atoms with Crippen molar-refractivity contribution in [2.24, 2.45) is 5.92 Å². The fraction of sp³-hybridized carbons (Fsp3) is 0.533. The Bertz CT molecular complexity index is 409. The molecule has 0 amide bonds. The van der Waals surface area contributed by atoms with E-state index in [0.29, 0.717) is 25.1 Å². The second-order valence-electron chi connectivity index (χ2n) is 4.73. The van der Waals surface area contributed by atoms with Gasteiger partial charge in [0.1, 0.15) is 5.82 Å². The number of methoxy groups -OCH3 is 1. The topological polar surface area (TPSA) is 29.5 Å². The van der Waals surface area contributed by atoms with Gasteiger partial charge < -0.3 is 9.64 Å². The summed E-state index contributed by atoms with van der Waals surface area (Å²) in [6, 6.07) is 6.79. The van der Waals surface area contributed by atoms with Crippen molar-refractivity contribution in [2.75, 3.05) is 27.2 Å². The summed E-state index contributed by atoms with van der Waals surface area (Å²) < 4.78 is 18.2. The third kappa shape index (κ3) is 4.99. The number of halogens is 1. The zero-order valence-corrected chi connectivity index (χ0v) is 11.9. The molecule has 0 aliphatic heterocycles. The number of carbonyl (C=O) groups excluding carboxylic acids is 1. The van der Waals surface area contributed by atoms with Crippen molar-refractivity contribution >= 4 is 5.97 Å². The van der Waals surface area contributed by atoms with Crippen molar-refractivity contribution in [3.8, 4) is 0 Å². The summed E-state index contributed by atoms with van der Waals surface area (Å²) in [5, 5.41) is 0. The average molecular weight is 267 g/mol. The maximum atomic E-state index is 13.5. The number of benzene rings is 1. The Labute approximate surface area is 114 Å². The summed E-state index contributed by atoms with van der Waals surface area (Å²) >= 11 is 0. The number of rotatable bonds is 7. The van der Waals surface area contributed by atoms with Gasteiger partial charge in [0, 0.05) is 13.1 Å². The monoisotopic (exact) mass is 267 g/mol. The van der Waals surface area contributed by atoms with E-state index in [0.717, 1.165) is 6.42 Å². The highest BCUT2D eigenvalue weighted by atomic mass is 19.1. The Morgan fingerprint density at radius 2 is 2.11 bits per heavy atom. The van der Waals surface area contributed by atoms with Crippen molar-refractivity contribution in [3.63, 3.8) is 0 Å². The number of nitrogens with zero attached hydrogens (tertiary/aromatic N) is 1. The lowest BCUT2D eigenvalue weighted by Crippen LogP contribution is -2.32. The number of esters is 1. The SMILES string of the molecule is CCC(CN(C)CCc1ccccc1F)C(=O)OC. The highest BCUT2D eigenvalue weighted by Crippen LogP contribution is 2.10. The zero-order chi connectivity index (χ0) is 14.3. The van der Waals surface area contributed by atoms with Gasteiger partial charge in [-0.15, -0.1) is 0 Å². The third-order valence-electron chi connectivity index (χ3n) is 3.28. The van der Waals surface area contributed by atoms with Crippen LogP contribution >= 0.6 is 0 Å². The van der Waals surface area contributed by atoms with E-state index in [1.807, 2.05) is 24.9 Å². The molecule has 0 bridgehead atoms. The molecule has 19 heavy (non-hydrogen) atoms. The predicted octanol–water partition coefficient (Wildman–Crippen LogP) is 2.50. The normalized spacial score (nSPS) is 12.5. The van der Waals surface area contributed by atoms with E-state index in [-0.39, 0.29) is 17.7 Å². The number of carbonyl (C=O) groups is 1. The summed E-state index contributed by atoms with van der Waals surface area (Å²) in [5.41, 5.74) is 0.709. The van der Waals surface area contributed by atoms with Crippen molar-refractivity contribution in [1.29, 1.82) is 0 Å². The first-order chi connectivity index (χ1) is 9.08. The van der Waals surface area contributed by atoms with E-state index in [4.69, 9.17) is 4.74 Å². The van der Waals surface area contributed by atoms with E-state index in [9.17, 15) is 9.18 Å². The van der Waals surface area contributed by atoms with Gasteiger partial charge in [-0.05, 0) is 31.5 Å². The lowest BCUT2D eigenvalue weighted by Gasteiger charge is -2.21. The van der Waals surface area contributed by atoms with Gasteiger partial charge in [0.15, 0.2) is 0 Å². The lowest BCUT2D eigenvalue weighted by atomic mass is 10.1. The predicted molar refractivity (Wildman–Crippen MR) is 73.4 cm³/mol. The van der Waals surface area contributed by atoms with Crippen molar-refractivity contribution in [1.82, 2.24) is 4.90 Å². The number of hydrogen-bond acceptors (Lipinski definition) is 3. The average Bonchev–Trinajstić information content (AvgIpc) is 2.43. The van der Waals surface area contributed by atoms with Crippen LogP contribution in [0.5, 0.6) is 0 Å². The Kier molecular flexibility index (Phi) is 6.50. The molecule has 0 aromatic heterocycles. The van der Waals surface area contributed by atoms with E-state index in [1.54, 1.807) is 12.1 Å². The Balaban J connectivity index is 2.45. The molecular weight excluding hydrogens is 245 g/mol. The Morgan fingerprint density at radius 3 is 2.68 bits per heavy atom. The highest BCUT2D eigenvalue weighted by Gasteiger charge is 2.18. The number of hydrogen-bond donors (Lipinski definition) is 0. The van der Waals surface area contributed by atoms with Crippen LogP contribution in [0, 0.1) is 11.7 Å². The summed E-state index contributed by atoms with van der Waals surface area (Å²) in [7, 11) is 3.34. The molecule has 1 aromatic rings. The Hall–Kier alpha value is -1.42. The second-order valence-corrected chi connectivity index (χ2v) is 4.73. The molecular formula is C15H22FNO2. The molecule has 0 heterocycles. The number of ether oxygens (including phenoxy) is 1. The van der Waals surface area contributed by atoms with Crippen molar-refractivity contribution < 1.29 is 13.9 Å². The van der Waals surface area contributed by atoms with E-state index in [2.05, 4.69) is 0 Å². The minimum atomic E-state index is -0.180. The minimum Gasteiger partial charge on any atom is -0.469 e. The summed E-state index contributed by atoms with van der Waals surface area (Å²) in [4.78, 5) is 13.5. The van der Waals surface area contributed by atoms with Crippen LogP contribution in [0.15, 0.2) is 24.3 Å². The third-order valence-corrected chi connectivity index (χ3v) is 3.28. The standard InChI is InChI=1S/C15H22FNO2/c1-4-12(15(18)19-3)11-17(2)10-9-13-7-5-6-8-14(13)16/h5-8,12H,4,9-11H2,1-3H3. The summed E-state index contributed by atoms with van der Waals surface area (Å²) in [5.74, 6) is -0.466. The van der Waals surface area contributed by atoms with Gasteiger partial charge in [-0.3, -0.25) is 4.79 Å². The van der Waals surface area contributed by atoms with Gasteiger partial charge in [-0.2, -0.15) is 0 Å². The molecule has 1 unspecified atom stereocenters. The molecule has 106 valence electrons. The molecule has 0 saturated carbocycles. The second kappa shape index (κ2) is 7.89. The first kappa shape index (κ1) is 15.6. The fourth-order valence-corrected chi connectivity index (χ4v) is 2.02. The first-order valence-corrected chi connectivity index (χ1v) is 6.58. The molecule has 0 saturated heterocycles. The maximum Gasteiger partial charge on any atom is 0.309 e. The largest absolute Gasteiger partial charge is 0.469 e. The van der Waals surface area contributed by atoms with Crippen molar-refractivity contribution in [2.45, 2.75) is 19.8 Å². The molecule has 1 aromatic carbocycles. The van der Waals surface area contributed by atoms with Gasteiger partial charge in [0.05, 0.1) is 13.0 Å². The molecule has 4 heteroatoms. The highest BCUT2D eigenvalue weighted by molar-refractivity contribution is 5.72. The van der Waals surface area contributed by atoms with Crippen LogP contribution in [-0.4, -0.2) is 38.1 Å². The van der Waals surface area contributed by atoms with Crippen LogP contribution in [0.1, 0.15) is 18.9 Å². The smallest absolute Gasteiger partial charge is 0.309 e. The number of likely N-dealkylation sites (N-methyl/N-ethyl adjacent to an activating group) is 1. The minimum absolute atomic E-state index is 0.115. The van der Waals surface area contributed by atoms with E-state index in [1.165, 1.54) is 13.2 Å². The van der Waals surface area contributed by atoms with Gasteiger partial charge in [-0.25, -0.2) is 4.39 Å². The maximum absolute atomic E-state index is 13.5. The molecule has 1 atom stereocenters. The van der Waals surface area contributed by atoms with E-state index < -0.39 is 0 Å². The molecule has 0 radical (unpaired) electrons. The molecule has 1 rings (SSSR count). The molecule has 0 aliphatic rings. The van der Waals surface area contributed by atoms with Crippen LogP contribution in [0.4, 0.5) is 4.39 Å². The summed E-state index contributed by atoms with van der Waals surface area (Å²) in [6.45, 7) is 3.32. The molecule has 0 fully saturated rings. The van der Waals surface area contributed by atoms with E-state index >= 15 is 0 Å². The fourth-order valence-electron chi connectivity index (χ4n) is 2.02. The van der Waals surface area contributed by atoms with Gasteiger partial charge in [0.25, 0.3) is 0 Å². The van der Waals surface area contributed by atoms with Gasteiger partial charge >= 0.3 is 5.97 Å². The zero-order valence-electron chi connectivity index (χ0n) is 11.9. The van der Waals surface area contributed by atoms with Crippen LogP contribution < -0.4 is 0 Å². The molecule has 0 N–H and O–H groups in total. The quantitative estimate of drug-likeness (QED) is 0.711. The van der Waals surface area contributed by atoms with Crippen LogP contribution in [0.2, 0.25) is 0 Å². The van der Waals surface area contributed by atoms with Crippen LogP contribution in [0.3, 0.4) is 0 Å². The molecule has 3 nitrogen and oxygen atoms in total. The van der Waals surface area contributed by atoms with Gasteiger partial charge in [0.2, 0.25) is 0 Å². The van der Waals surface area contributed by atoms with Crippen molar-refractivity contribution in [3.05, 3.63) is 35.6 Å². The lowest BCUT2D eigenvalue weighted by molar-refractivity contribution is -0.146. The van der Waals surface area contributed by atoms with Crippen LogP contribution in [0.25, 0.3) is 0 Å².